The number of hydrogen-bond donors (Lipinski definition) is 2. The topological polar surface area (TPSA) is 89.3 Å². The molecule has 0 radical (unpaired) electrons. The van der Waals surface area contributed by atoms with Crippen molar-refractivity contribution >= 4 is 15.7 Å². The van der Waals surface area contributed by atoms with Crippen LogP contribution in [0.2, 0.25) is 0 Å². The van der Waals surface area contributed by atoms with E-state index >= 15 is 0 Å². The van der Waals surface area contributed by atoms with Crippen molar-refractivity contribution < 1.29 is 13.2 Å². The molecular weight excluding hydrogens is 216 g/mol. The van der Waals surface area contributed by atoms with Gasteiger partial charge in [-0.1, -0.05) is 13.8 Å². The Balaban J connectivity index is 4.50. The molecule has 5 nitrogen and oxygen atoms in total. The van der Waals surface area contributed by atoms with E-state index in [1.807, 2.05) is 13.8 Å². The monoisotopic (exact) mass is 236 g/mol. The smallest absolute Gasteiger partial charge is 0.235 e. The van der Waals surface area contributed by atoms with E-state index in [0.717, 1.165) is 6.26 Å². The highest BCUT2D eigenvalue weighted by atomic mass is 32.2. The van der Waals surface area contributed by atoms with Gasteiger partial charge in [0.05, 0.1) is 5.54 Å². The second-order valence-electron chi connectivity index (χ2n) is 3.81. The van der Waals surface area contributed by atoms with Crippen molar-refractivity contribution in [2.24, 2.45) is 5.73 Å². The van der Waals surface area contributed by atoms with E-state index in [0.29, 0.717) is 19.4 Å². The largest absolute Gasteiger partial charge is 0.349 e. The number of amides is 1. The van der Waals surface area contributed by atoms with Crippen LogP contribution >= 0.6 is 0 Å². The lowest BCUT2D eigenvalue weighted by atomic mass is 9.93. The Hall–Kier alpha value is -0.620. The van der Waals surface area contributed by atoms with Gasteiger partial charge in [-0.25, -0.2) is 8.42 Å². The first-order chi connectivity index (χ1) is 6.78. The summed E-state index contributed by atoms with van der Waals surface area (Å²) in [5, 5.41) is 2.69. The molecule has 15 heavy (non-hydrogen) atoms. The minimum absolute atomic E-state index is 0.315. The molecule has 90 valence electrons. The Labute approximate surface area is 91.3 Å². The zero-order valence-electron chi connectivity index (χ0n) is 9.54. The quantitative estimate of drug-likeness (QED) is 0.660. The molecule has 0 heterocycles. The molecule has 0 aromatic heterocycles. The van der Waals surface area contributed by atoms with E-state index in [1.165, 1.54) is 0 Å². The van der Waals surface area contributed by atoms with Crippen molar-refractivity contribution in [1.82, 2.24) is 5.32 Å². The maximum Gasteiger partial charge on any atom is 0.235 e. The molecule has 0 aliphatic carbocycles. The van der Waals surface area contributed by atoms with Crippen LogP contribution in [0.25, 0.3) is 0 Å². The summed E-state index contributed by atoms with van der Waals surface area (Å²) in [6.07, 6.45) is 2.42. The Morgan fingerprint density at radius 3 is 2.07 bits per heavy atom. The van der Waals surface area contributed by atoms with E-state index in [9.17, 15) is 13.2 Å². The van der Waals surface area contributed by atoms with Gasteiger partial charge in [-0.05, 0) is 12.8 Å². The molecule has 0 saturated heterocycles. The first kappa shape index (κ1) is 14.4. The summed E-state index contributed by atoms with van der Waals surface area (Å²) in [6.45, 7) is 4.14. The molecule has 0 aliphatic heterocycles. The lowest BCUT2D eigenvalue weighted by Gasteiger charge is -2.31. The molecule has 0 rings (SSSR count). The lowest BCUT2D eigenvalue weighted by molar-refractivity contribution is -0.120. The summed E-state index contributed by atoms with van der Waals surface area (Å²) >= 11 is 0. The second-order valence-corrected chi connectivity index (χ2v) is 5.95. The molecule has 6 heteroatoms. The molecule has 0 aromatic carbocycles. The molecule has 3 N–H and O–H groups in total. The average molecular weight is 236 g/mol. The Kier molecular flexibility index (Phi) is 5.23. The molecule has 0 aromatic rings. The predicted molar refractivity (Wildman–Crippen MR) is 60.2 cm³/mol. The number of sulfone groups is 1. The molecule has 0 bridgehead atoms. The third kappa shape index (κ3) is 5.13. The molecular formula is C9H20N2O3S. The molecule has 0 saturated carbocycles. The van der Waals surface area contributed by atoms with Gasteiger partial charge in [0, 0.05) is 12.8 Å². The lowest BCUT2D eigenvalue weighted by Crippen LogP contribution is -2.54. The zero-order valence-corrected chi connectivity index (χ0v) is 10.4. The van der Waals surface area contributed by atoms with Gasteiger partial charge >= 0.3 is 0 Å². The summed E-state index contributed by atoms with van der Waals surface area (Å²) in [7, 11) is -3.27. The van der Waals surface area contributed by atoms with Crippen LogP contribution in [0.5, 0.6) is 0 Å². The highest BCUT2D eigenvalue weighted by Crippen LogP contribution is 2.12. The third-order valence-electron chi connectivity index (χ3n) is 2.54. The van der Waals surface area contributed by atoms with Gasteiger partial charge in [0.2, 0.25) is 5.91 Å². The van der Waals surface area contributed by atoms with E-state index in [-0.39, 0.29) is 0 Å². The highest BCUT2D eigenvalue weighted by Gasteiger charge is 2.27. The minimum Gasteiger partial charge on any atom is -0.349 e. The minimum atomic E-state index is -3.27. The summed E-state index contributed by atoms with van der Waals surface area (Å²) in [6, 6.07) is 0. The summed E-state index contributed by atoms with van der Waals surface area (Å²) < 4.78 is 21.8. The molecule has 0 fully saturated rings. The standard InChI is InChI=1S/C9H20N2O3S/c1-4-9(5-2,7-10)11-8(12)6-15(3,13)14/h4-7,10H2,1-3H3,(H,11,12). The van der Waals surface area contributed by atoms with Gasteiger partial charge in [0.1, 0.15) is 5.75 Å². The normalized spacial score (nSPS) is 12.5. The van der Waals surface area contributed by atoms with Gasteiger partial charge in [0.25, 0.3) is 0 Å². The molecule has 1 amide bonds. The fourth-order valence-electron chi connectivity index (χ4n) is 1.34. The van der Waals surface area contributed by atoms with Crippen molar-refractivity contribution in [3.8, 4) is 0 Å². The number of nitrogens with one attached hydrogen (secondary N) is 1. The fourth-order valence-corrected chi connectivity index (χ4v) is 1.88. The van der Waals surface area contributed by atoms with E-state index in [2.05, 4.69) is 5.32 Å². The maximum absolute atomic E-state index is 11.4. The van der Waals surface area contributed by atoms with Crippen molar-refractivity contribution in [1.29, 1.82) is 0 Å². The van der Waals surface area contributed by atoms with Crippen LogP contribution in [-0.2, 0) is 14.6 Å². The summed E-state index contributed by atoms with van der Waals surface area (Å²) in [4.78, 5) is 11.4. The number of carbonyl (C=O) groups excluding carboxylic acids is 1. The van der Waals surface area contributed by atoms with Crippen LogP contribution in [0.3, 0.4) is 0 Å². The van der Waals surface area contributed by atoms with Crippen LogP contribution < -0.4 is 11.1 Å². The fraction of sp³-hybridized carbons (Fsp3) is 0.889. The number of hydrogen-bond acceptors (Lipinski definition) is 4. The molecule has 0 atom stereocenters. The summed E-state index contributed by atoms with van der Waals surface area (Å²) in [5.74, 6) is -0.957. The van der Waals surface area contributed by atoms with Crippen LogP contribution in [0.4, 0.5) is 0 Å². The van der Waals surface area contributed by atoms with Crippen LogP contribution in [-0.4, -0.2) is 38.4 Å². The predicted octanol–water partition coefficient (Wildman–Crippen LogP) is -0.335. The van der Waals surface area contributed by atoms with Gasteiger partial charge in [-0.3, -0.25) is 4.79 Å². The van der Waals surface area contributed by atoms with E-state index < -0.39 is 27.0 Å². The Bertz CT molecular complexity index is 299. The Morgan fingerprint density at radius 1 is 1.33 bits per heavy atom. The van der Waals surface area contributed by atoms with Crippen LogP contribution in [0.15, 0.2) is 0 Å². The Morgan fingerprint density at radius 2 is 1.80 bits per heavy atom. The third-order valence-corrected chi connectivity index (χ3v) is 3.33. The molecule has 0 aliphatic rings. The van der Waals surface area contributed by atoms with Crippen LogP contribution in [0.1, 0.15) is 26.7 Å². The average Bonchev–Trinajstić information content (AvgIpc) is 2.11. The zero-order chi connectivity index (χ0) is 12.1. The SMILES string of the molecule is CCC(CC)(CN)NC(=O)CS(C)(=O)=O. The van der Waals surface area contributed by atoms with E-state index in [1.54, 1.807) is 0 Å². The highest BCUT2D eigenvalue weighted by molar-refractivity contribution is 7.91. The van der Waals surface area contributed by atoms with Gasteiger partial charge in [-0.15, -0.1) is 0 Å². The van der Waals surface area contributed by atoms with E-state index in [4.69, 9.17) is 5.73 Å². The van der Waals surface area contributed by atoms with Crippen molar-refractivity contribution in [2.45, 2.75) is 32.2 Å². The first-order valence-electron chi connectivity index (χ1n) is 4.97. The first-order valence-corrected chi connectivity index (χ1v) is 7.03. The van der Waals surface area contributed by atoms with Crippen molar-refractivity contribution in [3.63, 3.8) is 0 Å². The van der Waals surface area contributed by atoms with Gasteiger partial charge in [0.15, 0.2) is 9.84 Å². The number of rotatable bonds is 6. The van der Waals surface area contributed by atoms with Crippen LogP contribution in [0, 0.1) is 0 Å². The molecule has 0 unspecified atom stereocenters. The van der Waals surface area contributed by atoms with Crippen molar-refractivity contribution in [2.75, 3.05) is 18.6 Å². The summed E-state index contributed by atoms with van der Waals surface area (Å²) in [5.41, 5.74) is 5.11. The second kappa shape index (κ2) is 5.46. The van der Waals surface area contributed by atoms with Crippen molar-refractivity contribution in [3.05, 3.63) is 0 Å². The van der Waals surface area contributed by atoms with Gasteiger partial charge < -0.3 is 11.1 Å². The number of carbonyl (C=O) groups is 1. The maximum atomic E-state index is 11.4. The van der Waals surface area contributed by atoms with Gasteiger partial charge in [-0.2, -0.15) is 0 Å². The number of nitrogens with two attached hydrogens (primary N) is 1. The molecule has 0 spiro atoms.